The maximum atomic E-state index is 11.0. The fourth-order valence-electron chi connectivity index (χ4n) is 2.34. The number of carboxylic acids is 1. The van der Waals surface area contributed by atoms with Crippen molar-refractivity contribution in [1.82, 2.24) is 5.32 Å². The lowest BCUT2D eigenvalue weighted by atomic mass is 9.80. The van der Waals surface area contributed by atoms with Crippen LogP contribution in [0.25, 0.3) is 0 Å². The zero-order valence-electron chi connectivity index (χ0n) is 11.7. The summed E-state index contributed by atoms with van der Waals surface area (Å²) in [6, 6.07) is 6.67. The fourth-order valence-corrected chi connectivity index (χ4v) is 2.34. The number of benzene rings is 1. The van der Waals surface area contributed by atoms with Crippen molar-refractivity contribution in [2.24, 2.45) is 0 Å². The van der Waals surface area contributed by atoms with Crippen LogP contribution in [0.3, 0.4) is 0 Å². The zero-order valence-corrected chi connectivity index (χ0v) is 11.7. The third kappa shape index (κ3) is 3.49. The highest BCUT2D eigenvalue weighted by atomic mass is 16.5. The largest absolute Gasteiger partial charge is 0.491 e. The van der Waals surface area contributed by atoms with Gasteiger partial charge in [0.1, 0.15) is 17.9 Å². The van der Waals surface area contributed by atoms with Gasteiger partial charge >= 0.3 is 5.97 Å². The van der Waals surface area contributed by atoms with Gasteiger partial charge in [-0.15, -0.1) is 0 Å². The predicted molar refractivity (Wildman–Crippen MR) is 75.4 cm³/mol. The average Bonchev–Trinajstić information content (AvgIpc) is 2.41. The molecule has 0 radical (unpaired) electrons. The van der Waals surface area contributed by atoms with Crippen LogP contribution in [0, 0.1) is 0 Å². The highest BCUT2D eigenvalue weighted by Gasteiger charge is 2.36. The van der Waals surface area contributed by atoms with Crippen LogP contribution in [0.2, 0.25) is 0 Å². The van der Waals surface area contributed by atoms with Crippen LogP contribution in [0.1, 0.15) is 29.6 Å². The standard InChI is InChI=1S/C15H21NO4/c1-19-15(7-4-8-15)11-16-9-10-20-13-6-3-2-5-12(13)14(17)18/h2-3,5-6,16H,4,7-11H2,1H3,(H,17,18). The molecule has 0 unspecified atom stereocenters. The first-order chi connectivity index (χ1) is 9.67. The molecule has 1 aromatic carbocycles. The van der Waals surface area contributed by atoms with Crippen molar-refractivity contribution in [2.75, 3.05) is 26.8 Å². The highest BCUT2D eigenvalue weighted by molar-refractivity contribution is 5.90. The summed E-state index contributed by atoms with van der Waals surface area (Å²) >= 11 is 0. The molecule has 0 aromatic heterocycles. The molecule has 5 heteroatoms. The lowest BCUT2D eigenvalue weighted by molar-refractivity contribution is -0.0694. The molecule has 0 spiro atoms. The second-order valence-corrected chi connectivity index (χ2v) is 5.07. The van der Waals surface area contributed by atoms with Crippen molar-refractivity contribution in [2.45, 2.75) is 24.9 Å². The van der Waals surface area contributed by atoms with E-state index in [9.17, 15) is 4.79 Å². The number of carbonyl (C=O) groups is 1. The van der Waals surface area contributed by atoms with Gasteiger partial charge in [-0.1, -0.05) is 12.1 Å². The number of para-hydroxylation sites is 1. The minimum absolute atomic E-state index is 0.00102. The minimum Gasteiger partial charge on any atom is -0.491 e. The summed E-state index contributed by atoms with van der Waals surface area (Å²) in [7, 11) is 1.75. The van der Waals surface area contributed by atoms with Crippen molar-refractivity contribution in [3.63, 3.8) is 0 Å². The lowest BCUT2D eigenvalue weighted by Crippen LogP contribution is -2.48. The Bertz CT molecular complexity index is 451. The molecule has 2 rings (SSSR count). The van der Waals surface area contributed by atoms with Gasteiger partial charge in [-0.2, -0.15) is 0 Å². The second-order valence-electron chi connectivity index (χ2n) is 5.07. The van der Waals surface area contributed by atoms with Gasteiger partial charge in [0.05, 0.1) is 5.60 Å². The Kier molecular flexibility index (Phi) is 4.98. The molecule has 0 heterocycles. The topological polar surface area (TPSA) is 67.8 Å². The van der Waals surface area contributed by atoms with E-state index in [2.05, 4.69) is 5.32 Å². The Balaban J connectivity index is 1.72. The molecule has 1 aliphatic rings. The Hall–Kier alpha value is -1.59. The maximum Gasteiger partial charge on any atom is 0.339 e. The van der Waals surface area contributed by atoms with Crippen LogP contribution >= 0.6 is 0 Å². The van der Waals surface area contributed by atoms with Crippen LogP contribution < -0.4 is 10.1 Å². The van der Waals surface area contributed by atoms with Crippen LogP contribution in [0.15, 0.2) is 24.3 Å². The van der Waals surface area contributed by atoms with Gasteiger partial charge in [-0.25, -0.2) is 4.79 Å². The van der Waals surface area contributed by atoms with Crippen molar-refractivity contribution in [3.05, 3.63) is 29.8 Å². The van der Waals surface area contributed by atoms with E-state index in [0.29, 0.717) is 18.9 Å². The maximum absolute atomic E-state index is 11.0. The Morgan fingerprint density at radius 2 is 2.15 bits per heavy atom. The lowest BCUT2D eigenvalue weighted by Gasteiger charge is -2.40. The highest BCUT2D eigenvalue weighted by Crippen LogP contribution is 2.34. The first-order valence-corrected chi connectivity index (χ1v) is 6.88. The third-order valence-electron chi connectivity index (χ3n) is 3.80. The van der Waals surface area contributed by atoms with E-state index in [1.54, 1.807) is 31.4 Å². The van der Waals surface area contributed by atoms with Gasteiger partial charge in [0.2, 0.25) is 0 Å². The molecule has 110 valence electrons. The van der Waals surface area contributed by atoms with Crippen LogP contribution in [-0.2, 0) is 4.74 Å². The molecule has 5 nitrogen and oxygen atoms in total. The van der Waals surface area contributed by atoms with Gasteiger partial charge in [-0.05, 0) is 31.4 Å². The van der Waals surface area contributed by atoms with Crippen molar-refractivity contribution in [1.29, 1.82) is 0 Å². The summed E-state index contributed by atoms with van der Waals surface area (Å²) in [6.07, 6.45) is 3.41. The zero-order chi connectivity index (χ0) is 14.4. The molecule has 1 aliphatic carbocycles. The molecule has 1 fully saturated rings. The van der Waals surface area contributed by atoms with E-state index >= 15 is 0 Å². The molecule has 1 saturated carbocycles. The Labute approximate surface area is 118 Å². The van der Waals surface area contributed by atoms with Gasteiger partial charge < -0.3 is 19.9 Å². The molecular weight excluding hydrogens is 258 g/mol. The number of aromatic carboxylic acids is 1. The first-order valence-electron chi connectivity index (χ1n) is 6.88. The number of carboxylic acid groups (broad SMARTS) is 1. The summed E-state index contributed by atoms with van der Waals surface area (Å²) in [5.74, 6) is -0.562. The van der Waals surface area contributed by atoms with Crippen molar-refractivity contribution < 1.29 is 19.4 Å². The van der Waals surface area contributed by atoms with Crippen molar-refractivity contribution in [3.8, 4) is 5.75 Å². The Morgan fingerprint density at radius 3 is 2.75 bits per heavy atom. The predicted octanol–water partition coefficient (Wildman–Crippen LogP) is 1.92. The van der Waals surface area contributed by atoms with Gasteiger partial charge in [0.15, 0.2) is 0 Å². The molecule has 0 bridgehead atoms. The monoisotopic (exact) mass is 279 g/mol. The number of nitrogens with one attached hydrogen (secondary N) is 1. The minimum atomic E-state index is -0.971. The van der Waals surface area contributed by atoms with Crippen molar-refractivity contribution >= 4 is 5.97 Å². The molecule has 2 N–H and O–H groups in total. The van der Waals surface area contributed by atoms with Gasteiger partial charge in [-0.3, -0.25) is 0 Å². The number of methoxy groups -OCH3 is 1. The quantitative estimate of drug-likeness (QED) is 0.712. The number of rotatable bonds is 8. The fraction of sp³-hybridized carbons (Fsp3) is 0.533. The summed E-state index contributed by atoms with van der Waals surface area (Å²) in [5, 5.41) is 12.3. The van der Waals surface area contributed by atoms with Crippen LogP contribution in [0.4, 0.5) is 0 Å². The number of ether oxygens (including phenoxy) is 2. The second kappa shape index (κ2) is 6.72. The Morgan fingerprint density at radius 1 is 1.40 bits per heavy atom. The SMILES string of the molecule is COC1(CNCCOc2ccccc2C(=O)O)CCC1. The van der Waals surface area contributed by atoms with E-state index in [1.807, 2.05) is 0 Å². The van der Waals surface area contributed by atoms with Crippen LogP contribution in [-0.4, -0.2) is 43.5 Å². The third-order valence-corrected chi connectivity index (χ3v) is 3.80. The normalized spacial score (nSPS) is 16.4. The van der Waals surface area contributed by atoms with E-state index in [1.165, 1.54) is 6.42 Å². The number of hydrogen-bond donors (Lipinski definition) is 2. The van der Waals surface area contributed by atoms with Gasteiger partial charge in [0, 0.05) is 20.2 Å². The summed E-state index contributed by atoms with van der Waals surface area (Å²) in [5.41, 5.74) is 0.193. The molecule has 0 atom stereocenters. The van der Waals surface area contributed by atoms with E-state index in [0.717, 1.165) is 19.4 Å². The summed E-state index contributed by atoms with van der Waals surface area (Å²) < 4.78 is 11.0. The van der Waals surface area contributed by atoms with Gasteiger partial charge in [0.25, 0.3) is 0 Å². The summed E-state index contributed by atoms with van der Waals surface area (Å²) in [6.45, 7) is 1.91. The molecule has 0 aliphatic heterocycles. The molecule has 0 amide bonds. The van der Waals surface area contributed by atoms with E-state index in [-0.39, 0.29) is 11.2 Å². The average molecular weight is 279 g/mol. The van der Waals surface area contributed by atoms with E-state index < -0.39 is 5.97 Å². The molecule has 20 heavy (non-hydrogen) atoms. The smallest absolute Gasteiger partial charge is 0.339 e. The molecule has 0 saturated heterocycles. The first kappa shape index (κ1) is 14.8. The van der Waals surface area contributed by atoms with E-state index in [4.69, 9.17) is 14.6 Å². The number of hydrogen-bond acceptors (Lipinski definition) is 4. The molecule has 1 aromatic rings. The van der Waals surface area contributed by atoms with Crippen LogP contribution in [0.5, 0.6) is 5.75 Å². The summed E-state index contributed by atoms with van der Waals surface area (Å²) in [4.78, 5) is 11.0. The molecular formula is C15H21NO4.